The molecule has 0 aromatic rings. The van der Waals surface area contributed by atoms with Crippen molar-refractivity contribution < 1.29 is 35.6 Å². The van der Waals surface area contributed by atoms with Gasteiger partial charge in [0.15, 0.2) is 10.5 Å². The van der Waals surface area contributed by atoms with Gasteiger partial charge in [0.05, 0.1) is 0 Å². The molecule has 0 aromatic carbocycles. The van der Waals surface area contributed by atoms with E-state index in [2.05, 4.69) is 4.21 Å². The Morgan fingerprint density at radius 3 is 1.71 bits per heavy atom. The molecular weight excluding hydrogens is 179 g/mol. The van der Waals surface area contributed by atoms with E-state index in [0.29, 0.717) is 0 Å². The summed E-state index contributed by atoms with van der Waals surface area (Å²) in [6, 6.07) is 0. The molecule has 0 aliphatic heterocycles. The zero-order valence-electron chi connectivity index (χ0n) is 3.51. The molecule has 0 aromatic heterocycles. The van der Waals surface area contributed by atoms with Crippen molar-refractivity contribution in [2.24, 2.45) is 0 Å². The molecule has 0 radical (unpaired) electrons. The van der Waals surface area contributed by atoms with Crippen LogP contribution in [-0.2, 0) is 25.8 Å². The van der Waals surface area contributed by atoms with Crippen LogP contribution < -0.4 is 0 Å². The molecule has 0 heterocycles. The van der Waals surface area contributed by atoms with Gasteiger partial charge in [-0.25, -0.2) is 4.57 Å². The molecule has 0 saturated heterocycles. The molecule has 7 heteroatoms. The SMILES string of the molecule is O=P(O)(O)O[SiH3].[Fe]. The summed E-state index contributed by atoms with van der Waals surface area (Å²) in [5.74, 6) is 0. The second kappa shape index (κ2) is 3.80. The molecule has 0 unspecified atom stereocenters. The summed E-state index contributed by atoms with van der Waals surface area (Å²) in [7, 11) is -4.00. The molecule has 46 valence electrons. The number of hydrogen-bond donors (Lipinski definition) is 2. The molecule has 0 atom stereocenters. The van der Waals surface area contributed by atoms with E-state index in [1.807, 2.05) is 0 Å². The summed E-state index contributed by atoms with van der Waals surface area (Å²) in [6.45, 7) is 0. The fourth-order valence-electron chi connectivity index (χ4n) is 0. The van der Waals surface area contributed by atoms with Gasteiger partial charge in [-0.2, -0.15) is 0 Å². The van der Waals surface area contributed by atoms with Gasteiger partial charge in [0.2, 0.25) is 0 Å². The summed E-state index contributed by atoms with van der Waals surface area (Å²) in [6.07, 6.45) is 0. The molecule has 2 N–H and O–H groups in total. The first-order valence-corrected chi connectivity index (χ1v) is 3.52. The molecule has 0 bridgehead atoms. The first-order chi connectivity index (χ1) is 2.56. The average molecular weight is 184 g/mol. The zero-order chi connectivity index (χ0) is 5.21. The minimum Gasteiger partial charge on any atom is -0.342 e. The standard InChI is InChI=1S/Fe.H5O4PSi/c;1-5(2,3)4-6/h;6H3,(H2,1,2,3). The van der Waals surface area contributed by atoms with Crippen LogP contribution in [0.4, 0.5) is 0 Å². The Labute approximate surface area is 54.5 Å². The predicted molar refractivity (Wildman–Crippen MR) is 23.1 cm³/mol. The Hall–Kier alpha value is 0.846. The molecule has 0 spiro atoms. The summed E-state index contributed by atoms with van der Waals surface area (Å²) in [4.78, 5) is 15.5. The zero-order valence-corrected chi connectivity index (χ0v) is 7.51. The van der Waals surface area contributed by atoms with Crippen LogP contribution in [0.15, 0.2) is 0 Å². The Morgan fingerprint density at radius 2 is 1.71 bits per heavy atom. The van der Waals surface area contributed by atoms with Crippen molar-refractivity contribution in [1.82, 2.24) is 0 Å². The summed E-state index contributed by atoms with van der Waals surface area (Å²) >= 11 is 0. The van der Waals surface area contributed by atoms with Crippen LogP contribution in [0.3, 0.4) is 0 Å². The van der Waals surface area contributed by atoms with E-state index in [1.54, 1.807) is 0 Å². The van der Waals surface area contributed by atoms with Gasteiger partial charge in [0.1, 0.15) is 0 Å². The minimum atomic E-state index is -4.08. The van der Waals surface area contributed by atoms with Crippen LogP contribution in [0.25, 0.3) is 0 Å². The largest absolute Gasteiger partial charge is 0.458 e. The van der Waals surface area contributed by atoms with Crippen LogP contribution in [0.5, 0.6) is 0 Å². The van der Waals surface area contributed by atoms with Gasteiger partial charge in [0, 0.05) is 17.1 Å². The van der Waals surface area contributed by atoms with Crippen LogP contribution in [-0.4, -0.2) is 20.3 Å². The minimum absolute atomic E-state index is 0. The van der Waals surface area contributed by atoms with E-state index in [-0.39, 0.29) is 27.6 Å². The maximum Gasteiger partial charge on any atom is 0.458 e. The van der Waals surface area contributed by atoms with Crippen molar-refractivity contribution in [2.45, 2.75) is 0 Å². The number of hydrogen-bond acceptors (Lipinski definition) is 2. The third kappa shape index (κ3) is 10.9. The summed E-state index contributed by atoms with van der Waals surface area (Å²) in [5, 5.41) is 0. The van der Waals surface area contributed by atoms with Crippen LogP contribution in [0, 0.1) is 0 Å². The molecule has 7 heavy (non-hydrogen) atoms. The molecule has 0 rings (SSSR count). The van der Waals surface area contributed by atoms with Crippen molar-refractivity contribution in [2.75, 3.05) is 0 Å². The van der Waals surface area contributed by atoms with Gasteiger partial charge in [-0.3, -0.25) is 0 Å². The monoisotopic (exact) mass is 184 g/mol. The number of rotatable bonds is 1. The van der Waals surface area contributed by atoms with E-state index in [9.17, 15) is 4.57 Å². The molecule has 0 fully saturated rings. The van der Waals surface area contributed by atoms with Gasteiger partial charge in [0.25, 0.3) is 0 Å². The molecule has 4 nitrogen and oxygen atoms in total. The van der Waals surface area contributed by atoms with Crippen molar-refractivity contribution >= 4 is 18.3 Å². The van der Waals surface area contributed by atoms with Gasteiger partial charge < -0.3 is 14.0 Å². The maximum absolute atomic E-state index is 9.51. The van der Waals surface area contributed by atoms with Gasteiger partial charge in [-0.1, -0.05) is 0 Å². The second-order valence-electron chi connectivity index (χ2n) is 0.673. The quantitative estimate of drug-likeness (QED) is 0.379. The van der Waals surface area contributed by atoms with E-state index in [1.165, 1.54) is 0 Å². The van der Waals surface area contributed by atoms with Gasteiger partial charge in [-0.15, -0.1) is 0 Å². The van der Waals surface area contributed by atoms with Crippen molar-refractivity contribution in [3.05, 3.63) is 0 Å². The normalized spacial score (nSPS) is 10.6. The van der Waals surface area contributed by atoms with Crippen molar-refractivity contribution in [1.29, 1.82) is 0 Å². The molecule has 0 aliphatic rings. The van der Waals surface area contributed by atoms with Gasteiger partial charge >= 0.3 is 7.82 Å². The van der Waals surface area contributed by atoms with E-state index in [4.69, 9.17) is 9.79 Å². The van der Waals surface area contributed by atoms with Crippen LogP contribution >= 0.6 is 7.82 Å². The fourth-order valence-corrected chi connectivity index (χ4v) is 0. The topological polar surface area (TPSA) is 66.8 Å². The van der Waals surface area contributed by atoms with Crippen molar-refractivity contribution in [3.63, 3.8) is 0 Å². The Balaban J connectivity index is 0. The maximum atomic E-state index is 9.51. The summed E-state index contributed by atoms with van der Waals surface area (Å²) < 4.78 is 13.2. The Kier molecular flexibility index (Phi) is 5.84. The molecule has 0 amide bonds. The smallest absolute Gasteiger partial charge is 0.342 e. The molecular formula is H5FeO4PSi. The molecule has 0 saturated carbocycles. The first kappa shape index (κ1) is 10.8. The molecule has 0 aliphatic carbocycles. The summed E-state index contributed by atoms with van der Waals surface area (Å²) in [5.41, 5.74) is 0. The van der Waals surface area contributed by atoms with E-state index < -0.39 is 7.82 Å². The van der Waals surface area contributed by atoms with E-state index >= 15 is 0 Å². The van der Waals surface area contributed by atoms with Crippen molar-refractivity contribution in [3.8, 4) is 0 Å². The number of phosphoric acid groups is 1. The second-order valence-corrected chi connectivity index (χ2v) is 3.11. The van der Waals surface area contributed by atoms with E-state index in [0.717, 1.165) is 0 Å². The third-order valence-corrected chi connectivity index (χ3v) is 2.14. The van der Waals surface area contributed by atoms with Crippen LogP contribution in [0.1, 0.15) is 0 Å². The van der Waals surface area contributed by atoms with Crippen LogP contribution in [0.2, 0.25) is 0 Å². The predicted octanol–water partition coefficient (Wildman–Crippen LogP) is -1.63. The third-order valence-electron chi connectivity index (χ3n) is 0.238. The first-order valence-electron chi connectivity index (χ1n) is 1.17. The Morgan fingerprint density at radius 1 is 1.57 bits per heavy atom. The fraction of sp³-hybridized carbons (Fsp3) is 0. The Bertz CT molecular complexity index is 75.8. The van der Waals surface area contributed by atoms with Gasteiger partial charge in [-0.05, 0) is 0 Å². The average Bonchev–Trinajstić information content (AvgIpc) is 1.35.